The van der Waals surface area contributed by atoms with Crippen LogP contribution in [0.5, 0.6) is 5.75 Å². The number of ether oxygens (including phenoxy) is 1. The number of benzene rings is 2. The third-order valence-electron chi connectivity index (χ3n) is 5.78. The summed E-state index contributed by atoms with van der Waals surface area (Å²) in [5, 5.41) is 2.82. The van der Waals surface area contributed by atoms with E-state index >= 15 is 0 Å². The second kappa shape index (κ2) is 11.9. The molecular weight excluding hydrogens is 418 g/mol. The third-order valence-corrected chi connectivity index (χ3v) is 5.78. The summed E-state index contributed by atoms with van der Waals surface area (Å²) in [7, 11) is 1.54. The fourth-order valence-corrected chi connectivity index (χ4v) is 3.90. The first-order valence-electron chi connectivity index (χ1n) is 11.3. The SMILES string of the molecule is CCN(CC(=O)Nc1ccccc1OC)C(=O)C1CCN(C(=O)/C=C/c2ccccc2)CC1. The minimum atomic E-state index is -0.270. The second-order valence-electron chi connectivity index (χ2n) is 7.94. The highest BCUT2D eigenvalue weighted by molar-refractivity contribution is 5.96. The van der Waals surface area contributed by atoms with E-state index in [9.17, 15) is 14.4 Å². The van der Waals surface area contributed by atoms with Crippen LogP contribution in [0.2, 0.25) is 0 Å². The van der Waals surface area contributed by atoms with E-state index in [1.807, 2.05) is 49.4 Å². The molecule has 1 saturated heterocycles. The quantitative estimate of drug-likeness (QED) is 0.627. The van der Waals surface area contributed by atoms with Gasteiger partial charge in [-0.1, -0.05) is 42.5 Å². The van der Waals surface area contributed by atoms with Crippen molar-refractivity contribution in [3.8, 4) is 5.75 Å². The van der Waals surface area contributed by atoms with Crippen molar-refractivity contribution >= 4 is 29.5 Å². The Kier molecular flexibility index (Phi) is 8.63. The zero-order valence-corrected chi connectivity index (χ0v) is 19.2. The first-order valence-corrected chi connectivity index (χ1v) is 11.3. The van der Waals surface area contributed by atoms with Crippen LogP contribution in [-0.2, 0) is 14.4 Å². The van der Waals surface area contributed by atoms with E-state index in [1.54, 1.807) is 41.2 Å². The lowest BCUT2D eigenvalue weighted by molar-refractivity contribution is -0.141. The van der Waals surface area contributed by atoms with E-state index in [0.717, 1.165) is 5.56 Å². The molecule has 1 aliphatic rings. The van der Waals surface area contributed by atoms with Gasteiger partial charge in [-0.05, 0) is 43.5 Å². The van der Waals surface area contributed by atoms with Gasteiger partial charge in [0.05, 0.1) is 19.3 Å². The van der Waals surface area contributed by atoms with Crippen molar-refractivity contribution in [2.45, 2.75) is 19.8 Å². The number of methoxy groups -OCH3 is 1. The van der Waals surface area contributed by atoms with Crippen molar-refractivity contribution in [3.63, 3.8) is 0 Å². The lowest BCUT2D eigenvalue weighted by Crippen LogP contribution is -2.46. The molecule has 1 N–H and O–H groups in total. The molecule has 3 rings (SSSR count). The molecular formula is C26H31N3O4. The smallest absolute Gasteiger partial charge is 0.246 e. The van der Waals surface area contributed by atoms with Crippen LogP contribution in [0.3, 0.4) is 0 Å². The number of para-hydroxylation sites is 2. The van der Waals surface area contributed by atoms with Crippen molar-refractivity contribution in [2.75, 3.05) is 38.6 Å². The number of anilines is 1. The van der Waals surface area contributed by atoms with Crippen LogP contribution in [0.4, 0.5) is 5.69 Å². The summed E-state index contributed by atoms with van der Waals surface area (Å²) in [6.45, 7) is 3.34. The van der Waals surface area contributed by atoms with Crippen LogP contribution in [0.1, 0.15) is 25.3 Å². The Morgan fingerprint density at radius 3 is 2.39 bits per heavy atom. The lowest BCUT2D eigenvalue weighted by Gasteiger charge is -2.33. The summed E-state index contributed by atoms with van der Waals surface area (Å²) in [6, 6.07) is 16.8. The first-order chi connectivity index (χ1) is 16.0. The van der Waals surface area contributed by atoms with Gasteiger partial charge in [0.25, 0.3) is 0 Å². The Morgan fingerprint density at radius 1 is 1.06 bits per heavy atom. The number of likely N-dealkylation sites (tertiary alicyclic amines) is 1. The van der Waals surface area contributed by atoms with Crippen molar-refractivity contribution < 1.29 is 19.1 Å². The number of nitrogens with one attached hydrogen (secondary N) is 1. The molecule has 0 radical (unpaired) electrons. The normalized spacial score (nSPS) is 14.2. The number of likely N-dealkylation sites (N-methyl/N-ethyl adjacent to an activating group) is 1. The molecule has 0 unspecified atom stereocenters. The van der Waals surface area contributed by atoms with E-state index in [-0.39, 0.29) is 30.2 Å². The number of nitrogens with zero attached hydrogens (tertiary/aromatic N) is 2. The molecule has 0 atom stereocenters. The van der Waals surface area contributed by atoms with E-state index in [4.69, 9.17) is 4.74 Å². The average molecular weight is 450 g/mol. The summed E-state index contributed by atoms with van der Waals surface area (Å²) >= 11 is 0. The molecule has 0 aromatic heterocycles. The maximum absolute atomic E-state index is 13.0. The highest BCUT2D eigenvalue weighted by Gasteiger charge is 2.30. The Bertz CT molecular complexity index is 982. The van der Waals surface area contributed by atoms with Crippen LogP contribution < -0.4 is 10.1 Å². The van der Waals surface area contributed by atoms with Gasteiger partial charge in [-0.3, -0.25) is 14.4 Å². The highest BCUT2D eigenvalue weighted by Crippen LogP contribution is 2.23. The summed E-state index contributed by atoms with van der Waals surface area (Å²) < 4.78 is 5.26. The number of hydrogen-bond acceptors (Lipinski definition) is 4. The summed E-state index contributed by atoms with van der Waals surface area (Å²) in [5.41, 5.74) is 1.55. The van der Waals surface area contributed by atoms with Gasteiger partial charge in [0.15, 0.2) is 0 Å². The topological polar surface area (TPSA) is 79.0 Å². The molecule has 0 spiro atoms. The van der Waals surface area contributed by atoms with Gasteiger partial charge in [-0.2, -0.15) is 0 Å². The Labute approximate surface area is 195 Å². The summed E-state index contributed by atoms with van der Waals surface area (Å²) in [6.07, 6.45) is 4.57. The molecule has 1 fully saturated rings. The number of rotatable bonds is 8. The number of amides is 3. The third kappa shape index (κ3) is 6.68. The van der Waals surface area contributed by atoms with Gasteiger partial charge in [0, 0.05) is 31.6 Å². The number of piperidine rings is 1. The predicted octanol–water partition coefficient (Wildman–Crippen LogP) is 3.43. The molecule has 0 saturated carbocycles. The van der Waals surface area contributed by atoms with Crippen LogP contribution in [-0.4, -0.2) is 60.8 Å². The van der Waals surface area contributed by atoms with Crippen molar-refractivity contribution in [1.29, 1.82) is 0 Å². The molecule has 174 valence electrons. The second-order valence-corrected chi connectivity index (χ2v) is 7.94. The van der Waals surface area contributed by atoms with Crippen LogP contribution in [0.25, 0.3) is 6.08 Å². The van der Waals surface area contributed by atoms with Crippen molar-refractivity contribution in [3.05, 3.63) is 66.2 Å². The van der Waals surface area contributed by atoms with E-state index < -0.39 is 0 Å². The van der Waals surface area contributed by atoms with Gasteiger partial charge < -0.3 is 19.9 Å². The Balaban J connectivity index is 1.50. The minimum absolute atomic E-state index is 0.0215. The van der Waals surface area contributed by atoms with Gasteiger partial charge >= 0.3 is 0 Å². The minimum Gasteiger partial charge on any atom is -0.495 e. The molecule has 33 heavy (non-hydrogen) atoms. The van der Waals surface area contributed by atoms with Crippen LogP contribution in [0.15, 0.2) is 60.7 Å². The van der Waals surface area contributed by atoms with E-state index in [1.165, 1.54) is 0 Å². The molecule has 0 aliphatic carbocycles. The van der Waals surface area contributed by atoms with Crippen molar-refractivity contribution in [2.24, 2.45) is 5.92 Å². The predicted molar refractivity (Wildman–Crippen MR) is 129 cm³/mol. The zero-order valence-electron chi connectivity index (χ0n) is 19.2. The number of hydrogen-bond donors (Lipinski definition) is 1. The fraction of sp³-hybridized carbons (Fsp3) is 0.346. The van der Waals surface area contributed by atoms with Gasteiger partial charge in [0.2, 0.25) is 17.7 Å². The highest BCUT2D eigenvalue weighted by atomic mass is 16.5. The van der Waals surface area contributed by atoms with E-state index in [2.05, 4.69) is 5.32 Å². The van der Waals surface area contributed by atoms with Crippen molar-refractivity contribution in [1.82, 2.24) is 9.80 Å². The number of carbonyl (C=O) groups is 3. The summed E-state index contributed by atoms with van der Waals surface area (Å²) in [5.74, 6) is 0.0194. The van der Waals surface area contributed by atoms with E-state index in [0.29, 0.717) is 43.9 Å². The van der Waals surface area contributed by atoms with Gasteiger partial charge in [-0.25, -0.2) is 0 Å². The molecule has 3 amide bonds. The molecule has 1 aliphatic heterocycles. The summed E-state index contributed by atoms with van der Waals surface area (Å²) in [4.78, 5) is 41.4. The standard InChI is InChI=1S/C26H31N3O4/c1-3-28(19-24(30)27-22-11-7-8-12-23(22)33-2)26(32)21-15-17-29(18-16-21)25(31)14-13-20-9-5-4-6-10-20/h4-14,21H,3,15-19H2,1-2H3,(H,27,30)/b14-13+. The van der Waals surface area contributed by atoms with Gasteiger partial charge in [-0.15, -0.1) is 0 Å². The largest absolute Gasteiger partial charge is 0.495 e. The fourth-order valence-electron chi connectivity index (χ4n) is 3.90. The molecule has 1 heterocycles. The Morgan fingerprint density at radius 2 is 1.73 bits per heavy atom. The molecule has 7 heteroatoms. The number of carbonyl (C=O) groups excluding carboxylic acids is 3. The maximum atomic E-state index is 13.0. The molecule has 7 nitrogen and oxygen atoms in total. The molecule has 2 aromatic rings. The maximum Gasteiger partial charge on any atom is 0.246 e. The lowest BCUT2D eigenvalue weighted by atomic mass is 9.95. The van der Waals surface area contributed by atoms with Crippen LogP contribution >= 0.6 is 0 Å². The van der Waals surface area contributed by atoms with Crippen LogP contribution in [0, 0.1) is 5.92 Å². The average Bonchev–Trinajstić information content (AvgIpc) is 2.86. The molecule has 0 bridgehead atoms. The molecule has 2 aromatic carbocycles. The Hall–Kier alpha value is -3.61. The zero-order chi connectivity index (χ0) is 23.6. The van der Waals surface area contributed by atoms with Gasteiger partial charge in [0.1, 0.15) is 5.75 Å². The monoisotopic (exact) mass is 449 g/mol. The first kappa shape index (κ1) is 24.0.